The highest BCUT2D eigenvalue weighted by molar-refractivity contribution is 5.97. The molecule has 0 saturated heterocycles. The molecule has 0 atom stereocenters. The number of benzene rings is 1. The van der Waals surface area contributed by atoms with Gasteiger partial charge in [-0.2, -0.15) is 0 Å². The summed E-state index contributed by atoms with van der Waals surface area (Å²) in [6.07, 6.45) is 14.1. The van der Waals surface area contributed by atoms with E-state index in [1.807, 2.05) is 0 Å². The van der Waals surface area contributed by atoms with E-state index in [0.717, 1.165) is 30.2 Å². The minimum absolute atomic E-state index is 0.291. The van der Waals surface area contributed by atoms with Crippen LogP contribution in [0.4, 0.5) is 0 Å². The first kappa shape index (κ1) is 16.7. The number of hydrogen-bond acceptors (Lipinski definition) is 1. The summed E-state index contributed by atoms with van der Waals surface area (Å²) < 4.78 is 0. The van der Waals surface area contributed by atoms with Gasteiger partial charge in [-0.1, -0.05) is 63.3 Å². The van der Waals surface area contributed by atoms with Gasteiger partial charge < -0.3 is 0 Å². The van der Waals surface area contributed by atoms with Crippen LogP contribution in [0.3, 0.4) is 0 Å². The Hall–Kier alpha value is -1.11. The molecule has 1 heteroatoms. The van der Waals surface area contributed by atoms with Gasteiger partial charge in [0.1, 0.15) is 0 Å². The zero-order chi connectivity index (χ0) is 16.1. The molecule has 0 bridgehead atoms. The van der Waals surface area contributed by atoms with Crippen LogP contribution in [0.15, 0.2) is 24.3 Å². The maximum Gasteiger partial charge on any atom is 0.165 e. The first-order chi connectivity index (χ1) is 11.3. The summed E-state index contributed by atoms with van der Waals surface area (Å²) in [6.45, 7) is 2.30. The smallest absolute Gasteiger partial charge is 0.165 e. The maximum atomic E-state index is 12.6. The molecule has 0 heterocycles. The van der Waals surface area contributed by atoms with Crippen LogP contribution in [0.1, 0.15) is 99.4 Å². The van der Waals surface area contributed by atoms with Crippen molar-refractivity contribution in [3.63, 3.8) is 0 Å². The molecule has 1 aromatic carbocycles. The quantitative estimate of drug-likeness (QED) is 0.565. The predicted octanol–water partition coefficient (Wildman–Crippen LogP) is 6.52. The second kappa shape index (κ2) is 8.13. The average Bonchev–Trinajstić information content (AvgIpc) is 2.63. The summed E-state index contributed by atoms with van der Waals surface area (Å²) in [5, 5.41) is 0. The van der Waals surface area contributed by atoms with E-state index in [1.54, 1.807) is 0 Å². The summed E-state index contributed by atoms with van der Waals surface area (Å²) in [6, 6.07) is 8.68. The lowest BCUT2D eigenvalue weighted by Crippen LogP contribution is -2.18. The van der Waals surface area contributed by atoms with Crippen LogP contribution in [0.25, 0.3) is 0 Å². The number of carbonyl (C=O) groups is 1. The van der Waals surface area contributed by atoms with Crippen LogP contribution in [-0.2, 0) is 0 Å². The minimum Gasteiger partial charge on any atom is -0.294 e. The maximum absolute atomic E-state index is 12.6. The van der Waals surface area contributed by atoms with Crippen molar-refractivity contribution in [2.24, 2.45) is 11.8 Å². The van der Waals surface area contributed by atoms with Crippen LogP contribution >= 0.6 is 0 Å². The number of ketones is 1. The first-order valence-electron chi connectivity index (χ1n) is 9.92. The number of rotatable bonds is 5. The molecule has 2 aliphatic carbocycles. The predicted molar refractivity (Wildman–Crippen MR) is 97.0 cm³/mol. The molecule has 1 nitrogen and oxygen atoms in total. The highest BCUT2D eigenvalue weighted by Gasteiger charge is 2.24. The Balaban J connectivity index is 1.58. The van der Waals surface area contributed by atoms with Gasteiger partial charge in [0.05, 0.1) is 0 Å². The topological polar surface area (TPSA) is 17.1 Å². The van der Waals surface area contributed by atoms with Crippen molar-refractivity contribution in [3.8, 4) is 0 Å². The molecule has 126 valence electrons. The number of hydrogen-bond donors (Lipinski definition) is 0. The summed E-state index contributed by atoms with van der Waals surface area (Å²) in [5.74, 6) is 2.37. The van der Waals surface area contributed by atoms with E-state index in [2.05, 4.69) is 31.2 Å². The molecule has 0 N–H and O–H groups in total. The summed E-state index contributed by atoms with van der Waals surface area (Å²) in [4.78, 5) is 12.6. The molecule has 2 saturated carbocycles. The molecule has 0 radical (unpaired) electrons. The Morgan fingerprint density at radius 1 is 0.913 bits per heavy atom. The largest absolute Gasteiger partial charge is 0.294 e. The fraction of sp³-hybridized carbons (Fsp3) is 0.682. The van der Waals surface area contributed by atoms with E-state index in [4.69, 9.17) is 0 Å². The van der Waals surface area contributed by atoms with Gasteiger partial charge in [-0.05, 0) is 55.9 Å². The Bertz CT molecular complexity index is 487. The van der Waals surface area contributed by atoms with E-state index in [-0.39, 0.29) is 0 Å². The van der Waals surface area contributed by atoms with Crippen molar-refractivity contribution in [1.82, 2.24) is 0 Å². The molecule has 3 rings (SSSR count). The van der Waals surface area contributed by atoms with Gasteiger partial charge in [0.2, 0.25) is 0 Å². The zero-order valence-corrected chi connectivity index (χ0v) is 14.7. The van der Waals surface area contributed by atoms with E-state index in [0.29, 0.717) is 11.7 Å². The van der Waals surface area contributed by atoms with Crippen molar-refractivity contribution >= 4 is 5.78 Å². The van der Waals surface area contributed by atoms with Crippen LogP contribution in [0, 0.1) is 11.8 Å². The molecular weight excluding hydrogens is 280 g/mol. The lowest BCUT2D eigenvalue weighted by Gasteiger charge is -2.28. The van der Waals surface area contributed by atoms with Crippen LogP contribution < -0.4 is 0 Å². The Labute approximate surface area is 141 Å². The second-order valence-electron chi connectivity index (χ2n) is 7.83. The molecule has 0 aliphatic heterocycles. The fourth-order valence-corrected chi connectivity index (χ4v) is 4.71. The van der Waals surface area contributed by atoms with Crippen molar-refractivity contribution in [2.75, 3.05) is 0 Å². The summed E-state index contributed by atoms with van der Waals surface area (Å²) >= 11 is 0. The third kappa shape index (κ3) is 4.25. The fourth-order valence-electron chi connectivity index (χ4n) is 4.71. The average molecular weight is 312 g/mol. The molecule has 0 aromatic heterocycles. The van der Waals surface area contributed by atoms with Crippen molar-refractivity contribution in [1.29, 1.82) is 0 Å². The highest BCUT2D eigenvalue weighted by Crippen LogP contribution is 2.37. The lowest BCUT2D eigenvalue weighted by molar-refractivity contribution is 0.0889. The van der Waals surface area contributed by atoms with Crippen molar-refractivity contribution in [2.45, 2.75) is 83.5 Å². The Kier molecular flexibility index (Phi) is 5.91. The van der Waals surface area contributed by atoms with Gasteiger partial charge in [-0.15, -0.1) is 0 Å². The van der Waals surface area contributed by atoms with Gasteiger partial charge in [0, 0.05) is 11.5 Å². The molecular formula is C22H32O. The third-order valence-corrected chi connectivity index (χ3v) is 6.19. The summed E-state index contributed by atoms with van der Waals surface area (Å²) in [5.41, 5.74) is 2.40. The van der Waals surface area contributed by atoms with Crippen LogP contribution in [0.5, 0.6) is 0 Å². The van der Waals surface area contributed by atoms with Gasteiger partial charge in [0.25, 0.3) is 0 Å². The van der Waals surface area contributed by atoms with E-state index >= 15 is 0 Å². The molecule has 0 unspecified atom stereocenters. The van der Waals surface area contributed by atoms with Crippen LogP contribution in [0.2, 0.25) is 0 Å². The van der Waals surface area contributed by atoms with Crippen LogP contribution in [-0.4, -0.2) is 5.78 Å². The number of carbonyl (C=O) groups excluding carboxylic acids is 1. The summed E-state index contributed by atoms with van der Waals surface area (Å²) in [7, 11) is 0. The Morgan fingerprint density at radius 3 is 2.17 bits per heavy atom. The van der Waals surface area contributed by atoms with E-state index in [9.17, 15) is 4.79 Å². The zero-order valence-electron chi connectivity index (χ0n) is 14.7. The standard InChI is InChI=1S/C22H32O/c1-2-6-17-9-11-18(12-10-17)19-13-15-21(16-14-19)22(23)20-7-4-3-5-8-20/h13-18,20H,2-12H2,1H3. The lowest BCUT2D eigenvalue weighted by atomic mass is 9.77. The van der Waals surface area contributed by atoms with E-state index < -0.39 is 0 Å². The van der Waals surface area contributed by atoms with Gasteiger partial charge in [-0.25, -0.2) is 0 Å². The molecule has 0 spiro atoms. The molecule has 1 aromatic rings. The molecule has 2 aliphatic rings. The molecule has 2 fully saturated rings. The molecule has 23 heavy (non-hydrogen) atoms. The van der Waals surface area contributed by atoms with E-state index in [1.165, 1.54) is 63.4 Å². The van der Waals surface area contributed by atoms with Gasteiger partial charge in [0.15, 0.2) is 5.78 Å². The van der Waals surface area contributed by atoms with Crippen molar-refractivity contribution < 1.29 is 4.79 Å². The number of Topliss-reactive ketones (excluding diaryl/α,β-unsaturated/α-hetero) is 1. The first-order valence-corrected chi connectivity index (χ1v) is 9.92. The monoisotopic (exact) mass is 312 g/mol. The second-order valence-corrected chi connectivity index (χ2v) is 7.83. The van der Waals surface area contributed by atoms with Gasteiger partial charge >= 0.3 is 0 Å². The van der Waals surface area contributed by atoms with Crippen molar-refractivity contribution in [3.05, 3.63) is 35.4 Å². The van der Waals surface area contributed by atoms with Gasteiger partial charge in [-0.3, -0.25) is 4.79 Å². The molecule has 0 amide bonds. The Morgan fingerprint density at radius 2 is 1.57 bits per heavy atom. The SMILES string of the molecule is CCCC1CCC(c2ccc(C(=O)C3CCCCC3)cc2)CC1. The highest BCUT2D eigenvalue weighted by atomic mass is 16.1. The normalized spacial score (nSPS) is 26.1. The minimum atomic E-state index is 0.291. The third-order valence-electron chi connectivity index (χ3n) is 6.19.